The molecule has 0 aromatic heterocycles. The highest BCUT2D eigenvalue weighted by Crippen LogP contribution is 2.41. The fourth-order valence-electron chi connectivity index (χ4n) is 3.37. The van der Waals surface area contributed by atoms with Gasteiger partial charge in [0.15, 0.2) is 12.1 Å². The van der Waals surface area contributed by atoms with Gasteiger partial charge in [-0.25, -0.2) is 0 Å². The van der Waals surface area contributed by atoms with Gasteiger partial charge in [-0.15, -0.1) is 6.58 Å². The van der Waals surface area contributed by atoms with E-state index in [-0.39, 0.29) is 0 Å². The Morgan fingerprint density at radius 3 is 2.77 bits per heavy atom. The van der Waals surface area contributed by atoms with Gasteiger partial charge in [0.2, 0.25) is 0 Å². The van der Waals surface area contributed by atoms with Crippen LogP contribution in [0.25, 0.3) is 0 Å². The summed E-state index contributed by atoms with van der Waals surface area (Å²) in [5.41, 5.74) is 2.15. The standard InChI is InChI=1S/C19H25ClO6/c1-5-6-23-9-12-8-11(7-10(2)13(12)20)14(21)16-15(22)17-18(24-16)26-19(3,4)25-17/h5,7-8,14-18,21-22H,1,6,9H2,2-4H3/t14-,15+,16-,17-,18-/m0/s1. The number of aliphatic hydroxyl groups is 2. The van der Waals surface area contributed by atoms with Crippen LogP contribution in [-0.2, 0) is 25.6 Å². The molecule has 3 rings (SSSR count). The molecule has 5 atom stereocenters. The highest BCUT2D eigenvalue weighted by atomic mass is 35.5. The maximum Gasteiger partial charge on any atom is 0.190 e. The fraction of sp³-hybridized carbons (Fsp3) is 0.579. The predicted molar refractivity (Wildman–Crippen MR) is 95.7 cm³/mol. The molecule has 0 bridgehead atoms. The van der Waals surface area contributed by atoms with Crippen LogP contribution in [-0.4, -0.2) is 47.2 Å². The van der Waals surface area contributed by atoms with E-state index >= 15 is 0 Å². The van der Waals surface area contributed by atoms with Crippen LogP contribution < -0.4 is 0 Å². The van der Waals surface area contributed by atoms with E-state index in [9.17, 15) is 10.2 Å². The monoisotopic (exact) mass is 384 g/mol. The van der Waals surface area contributed by atoms with Gasteiger partial charge in [-0.1, -0.05) is 23.7 Å². The molecule has 0 spiro atoms. The van der Waals surface area contributed by atoms with Gasteiger partial charge in [-0.3, -0.25) is 0 Å². The Balaban J connectivity index is 1.78. The van der Waals surface area contributed by atoms with Gasteiger partial charge >= 0.3 is 0 Å². The van der Waals surface area contributed by atoms with Crippen LogP contribution in [0.15, 0.2) is 24.8 Å². The molecule has 0 unspecified atom stereocenters. The molecule has 2 heterocycles. The second-order valence-electron chi connectivity index (χ2n) is 7.12. The maximum absolute atomic E-state index is 10.8. The molecule has 7 heteroatoms. The second-order valence-corrected chi connectivity index (χ2v) is 7.50. The lowest BCUT2D eigenvalue weighted by Gasteiger charge is -2.26. The minimum atomic E-state index is -1.06. The zero-order valence-electron chi connectivity index (χ0n) is 15.1. The van der Waals surface area contributed by atoms with Gasteiger partial charge in [0.25, 0.3) is 0 Å². The molecule has 144 valence electrons. The summed E-state index contributed by atoms with van der Waals surface area (Å²) in [4.78, 5) is 0. The van der Waals surface area contributed by atoms with Gasteiger partial charge in [-0.2, -0.15) is 0 Å². The van der Waals surface area contributed by atoms with Crippen LogP contribution in [0.1, 0.15) is 36.6 Å². The molecule has 2 fully saturated rings. The Morgan fingerprint density at radius 1 is 1.38 bits per heavy atom. The van der Waals surface area contributed by atoms with Crippen LogP contribution in [0.4, 0.5) is 0 Å². The lowest BCUT2D eigenvalue weighted by molar-refractivity contribution is -0.226. The Hall–Kier alpha value is -0.990. The number of hydrogen-bond donors (Lipinski definition) is 2. The molecule has 0 saturated carbocycles. The molecule has 26 heavy (non-hydrogen) atoms. The smallest absolute Gasteiger partial charge is 0.190 e. The number of rotatable bonds is 6. The third kappa shape index (κ3) is 3.82. The molecule has 0 amide bonds. The van der Waals surface area contributed by atoms with E-state index in [0.717, 1.165) is 11.1 Å². The average molecular weight is 385 g/mol. The number of benzene rings is 1. The lowest BCUT2D eigenvalue weighted by Crippen LogP contribution is -2.37. The fourth-order valence-corrected chi connectivity index (χ4v) is 3.53. The van der Waals surface area contributed by atoms with Crippen molar-refractivity contribution in [2.24, 2.45) is 0 Å². The van der Waals surface area contributed by atoms with Crippen molar-refractivity contribution < 1.29 is 29.2 Å². The summed E-state index contributed by atoms with van der Waals surface area (Å²) in [6.45, 7) is 9.67. The van der Waals surface area contributed by atoms with Gasteiger partial charge in [0, 0.05) is 5.02 Å². The van der Waals surface area contributed by atoms with E-state index < -0.39 is 36.5 Å². The van der Waals surface area contributed by atoms with E-state index in [1.807, 2.05) is 6.92 Å². The molecule has 2 N–H and O–H groups in total. The summed E-state index contributed by atoms with van der Waals surface area (Å²) in [5.74, 6) is -0.821. The quantitative estimate of drug-likeness (QED) is 0.580. The third-order valence-electron chi connectivity index (χ3n) is 4.55. The Bertz CT molecular complexity index is 676. The van der Waals surface area contributed by atoms with Crippen LogP contribution in [0, 0.1) is 6.92 Å². The Labute approximate surface area is 158 Å². The van der Waals surface area contributed by atoms with Crippen molar-refractivity contribution in [1.82, 2.24) is 0 Å². The summed E-state index contributed by atoms with van der Waals surface area (Å²) in [7, 11) is 0. The summed E-state index contributed by atoms with van der Waals surface area (Å²) >= 11 is 6.34. The van der Waals surface area contributed by atoms with Crippen molar-refractivity contribution in [3.05, 3.63) is 46.5 Å². The molecular weight excluding hydrogens is 360 g/mol. The molecule has 1 aromatic carbocycles. The first-order valence-electron chi connectivity index (χ1n) is 8.58. The molecule has 6 nitrogen and oxygen atoms in total. The normalized spacial score (nSPS) is 31.0. The number of fused-ring (bicyclic) bond motifs is 1. The SMILES string of the molecule is C=CCOCc1cc([C@H](O)[C@@H]2O[C@H]3OC(C)(C)O[C@H]3[C@@H]2O)cc(C)c1Cl. The topological polar surface area (TPSA) is 77.4 Å². The average Bonchev–Trinajstić information content (AvgIpc) is 3.04. The molecule has 0 radical (unpaired) electrons. The van der Waals surface area contributed by atoms with Gasteiger partial charge in [-0.05, 0) is 43.5 Å². The van der Waals surface area contributed by atoms with Crippen molar-refractivity contribution >= 4 is 11.6 Å². The van der Waals surface area contributed by atoms with E-state index in [1.165, 1.54) is 0 Å². The van der Waals surface area contributed by atoms with Crippen LogP contribution in [0.2, 0.25) is 5.02 Å². The number of hydrogen-bond acceptors (Lipinski definition) is 6. The minimum absolute atomic E-state index is 0.298. The number of ether oxygens (including phenoxy) is 4. The number of aryl methyl sites for hydroxylation is 1. The van der Waals surface area contributed by atoms with E-state index in [4.69, 9.17) is 30.5 Å². The van der Waals surface area contributed by atoms with Crippen molar-refractivity contribution in [1.29, 1.82) is 0 Å². The highest BCUT2D eigenvalue weighted by molar-refractivity contribution is 6.32. The minimum Gasteiger partial charge on any atom is -0.387 e. The third-order valence-corrected chi connectivity index (χ3v) is 5.09. The largest absolute Gasteiger partial charge is 0.387 e. The zero-order valence-corrected chi connectivity index (χ0v) is 15.9. The van der Waals surface area contributed by atoms with Crippen LogP contribution in [0.3, 0.4) is 0 Å². The molecule has 0 aliphatic carbocycles. The Kier molecular flexibility index (Phi) is 5.75. The van der Waals surface area contributed by atoms with E-state index in [2.05, 4.69) is 6.58 Å². The first-order chi connectivity index (χ1) is 12.2. The van der Waals surface area contributed by atoms with Crippen LogP contribution >= 0.6 is 11.6 Å². The Morgan fingerprint density at radius 2 is 2.12 bits per heavy atom. The van der Waals surface area contributed by atoms with Crippen molar-refractivity contribution in [2.45, 2.75) is 63.9 Å². The van der Waals surface area contributed by atoms with Crippen molar-refractivity contribution in [2.75, 3.05) is 6.61 Å². The zero-order chi connectivity index (χ0) is 19.1. The maximum atomic E-state index is 10.8. The summed E-state index contributed by atoms with van der Waals surface area (Å²) in [6.07, 6.45) is -2.60. The highest BCUT2D eigenvalue weighted by Gasteiger charge is 2.56. The second kappa shape index (κ2) is 7.56. The number of halogens is 1. The predicted octanol–water partition coefficient (Wildman–Crippen LogP) is 2.62. The first kappa shape index (κ1) is 19.8. The van der Waals surface area contributed by atoms with Crippen molar-refractivity contribution in [3.63, 3.8) is 0 Å². The molecule has 2 saturated heterocycles. The molecule has 1 aromatic rings. The first-order valence-corrected chi connectivity index (χ1v) is 8.96. The summed E-state index contributed by atoms with van der Waals surface area (Å²) in [5, 5.41) is 21.9. The molecule has 2 aliphatic heterocycles. The summed E-state index contributed by atoms with van der Waals surface area (Å²) in [6, 6.07) is 3.54. The summed E-state index contributed by atoms with van der Waals surface area (Å²) < 4.78 is 22.5. The number of aliphatic hydroxyl groups excluding tert-OH is 2. The van der Waals surface area contributed by atoms with E-state index in [0.29, 0.717) is 23.8 Å². The van der Waals surface area contributed by atoms with Crippen molar-refractivity contribution in [3.8, 4) is 0 Å². The molecule has 2 aliphatic rings. The van der Waals surface area contributed by atoms with Gasteiger partial charge < -0.3 is 29.2 Å². The van der Waals surface area contributed by atoms with Gasteiger partial charge in [0.05, 0.1) is 13.2 Å². The van der Waals surface area contributed by atoms with Crippen LogP contribution in [0.5, 0.6) is 0 Å². The van der Waals surface area contributed by atoms with E-state index in [1.54, 1.807) is 32.1 Å². The molecular formula is C19H25ClO6. The van der Waals surface area contributed by atoms with Gasteiger partial charge in [0.1, 0.15) is 24.4 Å². The lowest BCUT2D eigenvalue weighted by atomic mass is 9.96.